The summed E-state index contributed by atoms with van der Waals surface area (Å²) in [5.74, 6) is 8.25. The molecule has 6 heteroatoms. The van der Waals surface area contributed by atoms with Gasteiger partial charge in [-0.05, 0) is 104 Å². The van der Waals surface area contributed by atoms with Crippen molar-refractivity contribution in [2.24, 2.45) is 46.3 Å². The number of ether oxygens (including phenoxy) is 3. The fourth-order valence-electron chi connectivity index (χ4n) is 12.8. The van der Waals surface area contributed by atoms with Gasteiger partial charge in [0.2, 0.25) is 0 Å². The summed E-state index contributed by atoms with van der Waals surface area (Å²) in [7, 11) is 0. The monoisotopic (exact) mass is 670 g/mol. The van der Waals surface area contributed by atoms with Gasteiger partial charge in [0, 0.05) is 11.3 Å². The SMILES string of the molecule is C[C@H]1[C@@H]([C@@H](O)[C@@](C)(O)[C@H]2CC[C@@]34OCC#C[C@@H](c5ccccc5)CO[C@H]5CC[C@@]6(C)[C@@H](C5)C(=O)C=C3[C@@H]6CC[C@]24C)OC[C@@H]1C1CCCC1. The van der Waals surface area contributed by atoms with Crippen molar-refractivity contribution in [2.45, 2.75) is 134 Å². The molecule has 266 valence electrons. The van der Waals surface area contributed by atoms with Crippen LogP contribution in [0.2, 0.25) is 0 Å². The smallest absolute Gasteiger partial charge is 0.159 e. The van der Waals surface area contributed by atoms with Crippen LogP contribution in [0, 0.1) is 58.2 Å². The standard InChI is InChI=1S/C43H58O6/c1-27-32(29-13-8-9-14-29)26-48-38(27)39(45)42(4,46)37-18-21-43-34-24-36(44)35-23-31(16-19-40(35,2)33(34)17-20-41(37,43)3)47-25-30(15-10-22-49-43)28-11-6-5-7-12-28/h5-7,11-12,24,27,29-33,35,37-39,45-46H,8-9,13-14,16-23,25-26H2,1-4H3/t27-,30-,31+,32+,33+,35+,37+,38+,39-,40-,41-,42+,43-/m1/s1. The number of hydrogen-bond donors (Lipinski definition) is 2. The van der Waals surface area contributed by atoms with Crippen LogP contribution < -0.4 is 0 Å². The molecule has 49 heavy (non-hydrogen) atoms. The Kier molecular flexibility index (Phi) is 8.76. The summed E-state index contributed by atoms with van der Waals surface area (Å²) in [5, 5.41) is 24.7. The summed E-state index contributed by atoms with van der Waals surface area (Å²) in [6.07, 6.45) is 11.5. The van der Waals surface area contributed by atoms with E-state index in [0.717, 1.165) is 43.2 Å². The molecule has 4 aliphatic heterocycles. The lowest BCUT2D eigenvalue weighted by molar-refractivity contribution is -0.200. The molecule has 9 aliphatic rings. The van der Waals surface area contributed by atoms with E-state index in [0.29, 0.717) is 37.9 Å². The first-order chi connectivity index (χ1) is 23.5. The summed E-state index contributed by atoms with van der Waals surface area (Å²) < 4.78 is 20.1. The van der Waals surface area contributed by atoms with E-state index in [2.05, 4.69) is 44.7 Å². The lowest BCUT2D eigenvalue weighted by atomic mass is 9.45. The fourth-order valence-corrected chi connectivity index (χ4v) is 12.8. The molecule has 10 rings (SSSR count). The molecule has 0 radical (unpaired) electrons. The van der Waals surface area contributed by atoms with Gasteiger partial charge in [-0.3, -0.25) is 4.79 Å². The van der Waals surface area contributed by atoms with Crippen molar-refractivity contribution in [3.63, 3.8) is 0 Å². The summed E-state index contributed by atoms with van der Waals surface area (Å²) in [4.78, 5) is 14.3. The number of carbonyl (C=O) groups excluding carboxylic acids is 1. The number of rotatable bonds is 5. The third-order valence-electron chi connectivity index (χ3n) is 15.7. The topological polar surface area (TPSA) is 85.2 Å². The predicted molar refractivity (Wildman–Crippen MR) is 188 cm³/mol. The average Bonchev–Trinajstić information content (AvgIpc) is 3.82. The van der Waals surface area contributed by atoms with Crippen LogP contribution in [0.4, 0.5) is 0 Å². The van der Waals surface area contributed by atoms with Crippen LogP contribution in [0.1, 0.15) is 110 Å². The highest BCUT2D eigenvalue weighted by Gasteiger charge is 2.70. The van der Waals surface area contributed by atoms with Gasteiger partial charge in [0.25, 0.3) is 0 Å². The first-order valence-corrected chi connectivity index (χ1v) is 19.6. The zero-order valence-electron chi connectivity index (χ0n) is 30.2. The second-order valence-corrected chi connectivity index (χ2v) is 17.8. The maximum atomic E-state index is 14.3. The molecule has 2 N–H and O–H groups in total. The second kappa shape index (κ2) is 12.6. The Bertz CT molecular complexity index is 1500. The molecule has 6 nitrogen and oxygen atoms in total. The van der Waals surface area contributed by atoms with E-state index in [9.17, 15) is 15.0 Å². The van der Waals surface area contributed by atoms with Crippen LogP contribution in [0.3, 0.4) is 0 Å². The average molecular weight is 671 g/mol. The van der Waals surface area contributed by atoms with E-state index in [1.54, 1.807) is 0 Å². The molecule has 13 atom stereocenters. The lowest BCUT2D eigenvalue weighted by Gasteiger charge is -2.61. The van der Waals surface area contributed by atoms with Gasteiger partial charge >= 0.3 is 0 Å². The van der Waals surface area contributed by atoms with Gasteiger partial charge in [-0.15, -0.1) is 0 Å². The van der Waals surface area contributed by atoms with Crippen molar-refractivity contribution in [3.05, 3.63) is 47.5 Å². The zero-order valence-corrected chi connectivity index (χ0v) is 30.2. The molecule has 0 unspecified atom stereocenters. The van der Waals surface area contributed by atoms with Crippen molar-refractivity contribution in [1.82, 2.24) is 0 Å². The first-order valence-electron chi connectivity index (χ1n) is 19.6. The molecule has 0 aromatic heterocycles. The molecular weight excluding hydrogens is 612 g/mol. The number of allylic oxidation sites excluding steroid dienone is 1. The molecule has 0 amide bonds. The number of carbonyl (C=O) groups is 1. The zero-order chi connectivity index (χ0) is 34.2. The summed E-state index contributed by atoms with van der Waals surface area (Å²) in [6, 6.07) is 10.3. The third-order valence-corrected chi connectivity index (χ3v) is 15.7. The van der Waals surface area contributed by atoms with E-state index in [1.165, 1.54) is 25.7 Å². The Hall–Kier alpha value is -2.01. The number of ketones is 1. The molecule has 1 spiro atoms. The van der Waals surface area contributed by atoms with Gasteiger partial charge < -0.3 is 24.4 Å². The molecule has 1 saturated heterocycles. The van der Waals surface area contributed by atoms with Gasteiger partial charge in [-0.1, -0.05) is 88.6 Å². The van der Waals surface area contributed by atoms with Crippen molar-refractivity contribution < 1.29 is 29.2 Å². The van der Waals surface area contributed by atoms with Gasteiger partial charge in [0.05, 0.1) is 42.5 Å². The van der Waals surface area contributed by atoms with Crippen LogP contribution in [-0.2, 0) is 19.0 Å². The van der Waals surface area contributed by atoms with E-state index in [4.69, 9.17) is 14.2 Å². The van der Waals surface area contributed by atoms with Crippen LogP contribution in [0.25, 0.3) is 0 Å². The number of hydrogen-bond acceptors (Lipinski definition) is 6. The fraction of sp³-hybridized carbons (Fsp3) is 0.744. The minimum Gasteiger partial charge on any atom is -0.387 e. The minimum atomic E-state index is -1.39. The van der Waals surface area contributed by atoms with Gasteiger partial charge in [0.15, 0.2) is 5.78 Å². The third kappa shape index (κ3) is 5.27. The van der Waals surface area contributed by atoms with E-state index in [-0.39, 0.29) is 53.5 Å². The van der Waals surface area contributed by atoms with Crippen LogP contribution in [0.15, 0.2) is 42.0 Å². The van der Waals surface area contributed by atoms with E-state index in [1.807, 2.05) is 31.2 Å². The van der Waals surface area contributed by atoms with Crippen molar-refractivity contribution >= 4 is 5.78 Å². The second-order valence-electron chi connectivity index (χ2n) is 17.8. The Labute approximate surface area is 293 Å². The summed E-state index contributed by atoms with van der Waals surface area (Å²) in [5.41, 5.74) is -0.515. The number of aliphatic hydroxyl groups is 2. The predicted octanol–water partition coefficient (Wildman–Crippen LogP) is 7.02. The van der Waals surface area contributed by atoms with E-state index >= 15 is 0 Å². The lowest BCUT2D eigenvalue weighted by Crippen LogP contribution is -2.64. The summed E-state index contributed by atoms with van der Waals surface area (Å²) >= 11 is 0. The Morgan fingerprint density at radius 3 is 2.51 bits per heavy atom. The molecule has 6 bridgehead atoms. The van der Waals surface area contributed by atoms with Crippen LogP contribution in [0.5, 0.6) is 0 Å². The van der Waals surface area contributed by atoms with Crippen molar-refractivity contribution in [1.29, 1.82) is 0 Å². The van der Waals surface area contributed by atoms with Crippen LogP contribution in [-0.4, -0.2) is 65.3 Å². The van der Waals surface area contributed by atoms with Gasteiger partial charge in [-0.2, -0.15) is 0 Å². The maximum Gasteiger partial charge on any atom is 0.159 e. The van der Waals surface area contributed by atoms with Crippen molar-refractivity contribution in [3.8, 4) is 11.8 Å². The molecule has 5 aliphatic carbocycles. The molecule has 1 aromatic rings. The summed E-state index contributed by atoms with van der Waals surface area (Å²) in [6.45, 7) is 10.1. The highest BCUT2D eigenvalue weighted by Crippen LogP contribution is 2.70. The Balaban J connectivity index is 1.15. The van der Waals surface area contributed by atoms with Gasteiger partial charge in [0.1, 0.15) is 12.7 Å². The number of benzene rings is 1. The largest absolute Gasteiger partial charge is 0.387 e. The number of fused-ring (bicyclic) bond motifs is 2. The van der Waals surface area contributed by atoms with Crippen LogP contribution >= 0.6 is 0 Å². The van der Waals surface area contributed by atoms with Gasteiger partial charge in [-0.25, -0.2) is 0 Å². The molecular formula is C43H58O6. The molecule has 1 aromatic carbocycles. The molecule has 4 heterocycles. The highest BCUT2D eigenvalue weighted by molar-refractivity contribution is 5.95. The maximum absolute atomic E-state index is 14.3. The highest BCUT2D eigenvalue weighted by atomic mass is 16.5. The molecule has 5 fully saturated rings. The first kappa shape index (κ1) is 34.1. The Morgan fingerprint density at radius 2 is 1.73 bits per heavy atom. The Morgan fingerprint density at radius 1 is 0.959 bits per heavy atom. The normalized spacial score (nSPS) is 45.6. The molecule has 4 saturated carbocycles. The quantitative estimate of drug-likeness (QED) is 0.328. The van der Waals surface area contributed by atoms with E-state index < -0.39 is 28.8 Å². The van der Waals surface area contributed by atoms with Crippen molar-refractivity contribution in [2.75, 3.05) is 19.8 Å². The number of aliphatic hydroxyl groups excluding tert-OH is 1. The minimum absolute atomic E-state index is 0.0490.